The maximum Gasteiger partial charge on any atom is 0.200 e. The van der Waals surface area contributed by atoms with Gasteiger partial charge in [-0.1, -0.05) is 19.6 Å². The molecule has 0 amide bonds. The van der Waals surface area contributed by atoms with Crippen LogP contribution in [0.1, 0.15) is 5.69 Å². The van der Waals surface area contributed by atoms with E-state index in [9.17, 15) is 22.0 Å². The van der Waals surface area contributed by atoms with Crippen LogP contribution in [0.5, 0.6) is 0 Å². The van der Waals surface area contributed by atoms with Crippen LogP contribution in [-0.4, -0.2) is 19.3 Å². The average molecular weight is 332 g/mol. The lowest BCUT2D eigenvalue weighted by atomic mass is 10.2. The van der Waals surface area contributed by atoms with E-state index in [4.69, 9.17) is 0 Å². The van der Waals surface area contributed by atoms with Gasteiger partial charge in [-0.05, 0) is 17.4 Å². The smallest absolute Gasteiger partial charge is 0.200 e. The van der Waals surface area contributed by atoms with Gasteiger partial charge in [-0.25, -0.2) is 26.9 Å². The highest BCUT2D eigenvalue weighted by Crippen LogP contribution is 2.29. The van der Waals surface area contributed by atoms with Gasteiger partial charge >= 0.3 is 0 Å². The predicted octanol–water partition coefficient (Wildman–Crippen LogP) is 4.01. The topological polar surface area (TPSA) is 28.1 Å². The number of benzene rings is 1. The Bertz CT molecular complexity index is 717. The fraction of sp³-hybridized carbons (Fsp3) is 0.214. The number of H-pyrrole nitrogens is 1. The molecule has 0 unspecified atom stereocenters. The summed E-state index contributed by atoms with van der Waals surface area (Å²) < 4.78 is 65.9. The molecular weight excluding hydrogens is 319 g/mol. The van der Waals surface area contributed by atoms with E-state index >= 15 is 0 Å². The molecule has 118 valence electrons. The molecule has 0 aliphatic rings. The molecule has 0 fully saturated rings. The number of rotatable bonds is 3. The van der Waals surface area contributed by atoms with E-state index in [-0.39, 0.29) is 0 Å². The van der Waals surface area contributed by atoms with Crippen LogP contribution in [-0.2, 0) is 0 Å². The minimum absolute atomic E-state index is 0.418. The van der Waals surface area contributed by atoms with Crippen LogP contribution in [0.2, 0.25) is 19.6 Å². The van der Waals surface area contributed by atoms with Gasteiger partial charge in [0.05, 0.1) is 20.0 Å². The summed E-state index contributed by atoms with van der Waals surface area (Å²) >= 11 is 0. The molecule has 22 heavy (non-hydrogen) atoms. The number of halogens is 5. The zero-order valence-electron chi connectivity index (χ0n) is 12.1. The second-order valence-electron chi connectivity index (χ2n) is 5.75. The van der Waals surface area contributed by atoms with Gasteiger partial charge in [-0.3, -0.25) is 0 Å². The molecule has 0 aliphatic heterocycles. The largest absolute Gasteiger partial charge is 0.362 e. The zero-order chi connectivity index (χ0) is 16.7. The maximum atomic E-state index is 13.5. The summed E-state index contributed by atoms with van der Waals surface area (Å²) in [4.78, 5) is 6.41. The fourth-order valence-electron chi connectivity index (χ4n) is 1.77. The van der Waals surface area contributed by atoms with Gasteiger partial charge in [0.2, 0.25) is 5.82 Å². The van der Waals surface area contributed by atoms with Crippen LogP contribution in [0.15, 0.2) is 17.1 Å². The van der Waals surface area contributed by atoms with Gasteiger partial charge < -0.3 is 4.98 Å². The third-order valence-corrected chi connectivity index (χ3v) is 4.94. The molecule has 1 aromatic carbocycles. The van der Waals surface area contributed by atoms with Crippen molar-refractivity contribution in [1.82, 2.24) is 4.98 Å². The standard InChI is InChI=1S/C14H13F5N2Si/c1-22(2,3)8-5-4-7(21-8)6-20-14-12(18)10(16)9(15)11(17)13(14)19/h4-6,21H,1-3H3/b20-6+. The summed E-state index contributed by atoms with van der Waals surface area (Å²) in [5.41, 5.74) is -0.790. The van der Waals surface area contributed by atoms with Crippen molar-refractivity contribution in [3.05, 3.63) is 46.9 Å². The van der Waals surface area contributed by atoms with Crippen LogP contribution in [0.4, 0.5) is 27.6 Å². The van der Waals surface area contributed by atoms with Crippen molar-refractivity contribution >= 4 is 25.3 Å². The lowest BCUT2D eigenvalue weighted by Crippen LogP contribution is -2.38. The minimum Gasteiger partial charge on any atom is -0.362 e. The van der Waals surface area contributed by atoms with E-state index < -0.39 is 42.8 Å². The lowest BCUT2D eigenvalue weighted by Gasteiger charge is -2.12. The molecule has 1 aromatic heterocycles. The van der Waals surface area contributed by atoms with Crippen molar-refractivity contribution in [2.75, 3.05) is 0 Å². The third kappa shape index (κ3) is 2.96. The second-order valence-corrected chi connectivity index (χ2v) is 10.8. The number of aromatic amines is 1. The van der Waals surface area contributed by atoms with Gasteiger partial charge in [0.15, 0.2) is 23.3 Å². The summed E-state index contributed by atoms with van der Waals surface area (Å²) in [6, 6.07) is 3.44. The fourth-order valence-corrected chi connectivity index (χ4v) is 2.87. The zero-order valence-corrected chi connectivity index (χ0v) is 13.1. The summed E-state index contributed by atoms with van der Waals surface area (Å²) in [7, 11) is -1.60. The molecule has 0 spiro atoms. The number of aromatic nitrogens is 1. The highest BCUT2D eigenvalue weighted by Gasteiger charge is 2.25. The van der Waals surface area contributed by atoms with E-state index in [1.54, 1.807) is 6.07 Å². The highest BCUT2D eigenvalue weighted by atomic mass is 28.3. The van der Waals surface area contributed by atoms with E-state index in [1.807, 2.05) is 6.07 Å². The van der Waals surface area contributed by atoms with Crippen molar-refractivity contribution in [2.24, 2.45) is 4.99 Å². The molecule has 8 heteroatoms. The van der Waals surface area contributed by atoms with Gasteiger partial charge in [0.25, 0.3) is 0 Å². The Morgan fingerprint density at radius 2 is 1.36 bits per heavy atom. The quantitative estimate of drug-likeness (QED) is 0.289. The number of nitrogens with zero attached hydrogens (tertiary/aromatic N) is 1. The van der Waals surface area contributed by atoms with Gasteiger partial charge in [-0.2, -0.15) is 0 Å². The molecule has 0 bridgehead atoms. The first-order valence-electron chi connectivity index (χ1n) is 6.38. The summed E-state index contributed by atoms with van der Waals surface area (Å²) in [5.74, 6) is -10.1. The first kappa shape index (κ1) is 16.4. The molecule has 0 atom stereocenters. The van der Waals surface area contributed by atoms with Crippen molar-refractivity contribution in [2.45, 2.75) is 19.6 Å². The van der Waals surface area contributed by atoms with Crippen molar-refractivity contribution in [1.29, 1.82) is 0 Å². The number of nitrogens with one attached hydrogen (secondary N) is 1. The minimum atomic E-state index is -2.20. The summed E-state index contributed by atoms with van der Waals surface area (Å²) in [5, 5.41) is 0.978. The molecule has 1 heterocycles. The van der Waals surface area contributed by atoms with Crippen LogP contribution in [0, 0.1) is 29.1 Å². The SMILES string of the molecule is C[Si](C)(C)c1ccc(/C=N/c2c(F)c(F)c(F)c(F)c2F)[nH]1. The van der Waals surface area contributed by atoms with E-state index in [0.29, 0.717) is 5.69 Å². The molecule has 2 nitrogen and oxygen atoms in total. The summed E-state index contributed by atoms with van der Waals surface area (Å²) in [6.07, 6.45) is 1.03. The first-order valence-corrected chi connectivity index (χ1v) is 9.88. The summed E-state index contributed by atoms with van der Waals surface area (Å²) in [6.45, 7) is 6.26. The van der Waals surface area contributed by atoms with Crippen molar-refractivity contribution in [3.8, 4) is 0 Å². The van der Waals surface area contributed by atoms with Gasteiger partial charge in [-0.15, -0.1) is 0 Å². The highest BCUT2D eigenvalue weighted by molar-refractivity contribution is 6.88. The molecule has 1 N–H and O–H groups in total. The Hall–Kier alpha value is -1.96. The number of aliphatic imine (C=N–C) groups is 1. The molecule has 0 radical (unpaired) electrons. The first-order chi connectivity index (χ1) is 10.1. The van der Waals surface area contributed by atoms with Crippen molar-refractivity contribution < 1.29 is 22.0 Å². The Morgan fingerprint density at radius 3 is 1.82 bits per heavy atom. The maximum absolute atomic E-state index is 13.5. The lowest BCUT2D eigenvalue weighted by molar-refractivity contribution is 0.381. The van der Waals surface area contributed by atoms with Crippen LogP contribution in [0.25, 0.3) is 0 Å². The Morgan fingerprint density at radius 1 is 0.864 bits per heavy atom. The van der Waals surface area contributed by atoms with E-state index in [1.165, 1.54) is 0 Å². The molecule has 0 saturated heterocycles. The molecule has 2 aromatic rings. The monoisotopic (exact) mass is 332 g/mol. The van der Waals surface area contributed by atoms with Crippen LogP contribution >= 0.6 is 0 Å². The molecule has 0 saturated carbocycles. The Labute approximate surface area is 124 Å². The van der Waals surface area contributed by atoms with Gasteiger partial charge in [0, 0.05) is 0 Å². The van der Waals surface area contributed by atoms with E-state index in [2.05, 4.69) is 29.6 Å². The normalized spacial score (nSPS) is 12.4. The number of hydrogen-bond donors (Lipinski definition) is 1. The van der Waals surface area contributed by atoms with Crippen LogP contribution in [0.3, 0.4) is 0 Å². The van der Waals surface area contributed by atoms with Crippen molar-refractivity contribution in [3.63, 3.8) is 0 Å². The molecular formula is C14H13F5N2Si. The molecule has 2 rings (SSSR count). The number of hydrogen-bond acceptors (Lipinski definition) is 1. The average Bonchev–Trinajstić information content (AvgIpc) is 2.92. The Kier molecular flexibility index (Phi) is 4.23. The van der Waals surface area contributed by atoms with Crippen LogP contribution < -0.4 is 5.32 Å². The second kappa shape index (κ2) is 5.67. The third-order valence-electron chi connectivity index (χ3n) is 3.04. The van der Waals surface area contributed by atoms with Gasteiger partial charge in [0.1, 0.15) is 5.69 Å². The Balaban J connectivity index is 2.41. The molecule has 0 aliphatic carbocycles. The predicted molar refractivity (Wildman–Crippen MR) is 77.3 cm³/mol. The van der Waals surface area contributed by atoms with E-state index in [0.717, 1.165) is 11.5 Å².